The van der Waals surface area contributed by atoms with E-state index in [0.29, 0.717) is 11.1 Å². The molecule has 19 heavy (non-hydrogen) atoms. The fourth-order valence-corrected chi connectivity index (χ4v) is 3.27. The van der Waals surface area contributed by atoms with Crippen LogP contribution in [0.5, 0.6) is 0 Å². The fraction of sp³-hybridized carbons (Fsp3) is 0.267. The van der Waals surface area contributed by atoms with Crippen molar-refractivity contribution in [3.05, 3.63) is 57.2 Å². The summed E-state index contributed by atoms with van der Waals surface area (Å²) in [5.41, 5.74) is 2.80. The lowest BCUT2D eigenvalue weighted by atomic mass is 9.88. The molecule has 2 aromatic rings. The summed E-state index contributed by atoms with van der Waals surface area (Å²) in [5, 5.41) is 4.12. The minimum absolute atomic E-state index is 0.302. The van der Waals surface area contributed by atoms with E-state index in [0.717, 1.165) is 23.1 Å². The van der Waals surface area contributed by atoms with E-state index >= 15 is 0 Å². The van der Waals surface area contributed by atoms with Crippen molar-refractivity contribution in [1.29, 1.82) is 0 Å². The number of benzene rings is 1. The number of nitrogens with one attached hydrogen (secondary N) is 1. The molecule has 0 aliphatic heterocycles. The summed E-state index contributed by atoms with van der Waals surface area (Å²) in [7, 11) is 0. The van der Waals surface area contributed by atoms with Crippen LogP contribution in [0.1, 0.15) is 30.0 Å². The lowest BCUT2D eigenvalue weighted by Gasteiger charge is -2.27. The zero-order valence-corrected chi connectivity index (χ0v) is 12.7. The Kier molecular flexibility index (Phi) is 3.76. The van der Waals surface area contributed by atoms with Crippen LogP contribution in [0.3, 0.4) is 0 Å². The summed E-state index contributed by atoms with van der Waals surface area (Å²) in [6.07, 6.45) is 5.24. The highest BCUT2D eigenvalue weighted by Gasteiger charge is 2.20. The van der Waals surface area contributed by atoms with Gasteiger partial charge in [-0.15, -0.1) is 0 Å². The van der Waals surface area contributed by atoms with E-state index in [9.17, 15) is 0 Å². The topological polar surface area (TPSA) is 24.9 Å². The van der Waals surface area contributed by atoms with Gasteiger partial charge in [0.1, 0.15) is 5.82 Å². The smallest absolute Gasteiger partial charge is 0.145 e. The normalized spacial score (nSPS) is 17.9. The quantitative estimate of drug-likeness (QED) is 0.835. The molecule has 1 heterocycles. The summed E-state index contributed by atoms with van der Waals surface area (Å²) >= 11 is 9.59. The third kappa shape index (κ3) is 2.77. The van der Waals surface area contributed by atoms with Crippen LogP contribution >= 0.6 is 27.5 Å². The maximum Gasteiger partial charge on any atom is 0.145 e. The molecule has 1 unspecified atom stereocenters. The van der Waals surface area contributed by atoms with E-state index in [1.165, 1.54) is 17.5 Å². The number of rotatable bonds is 2. The summed E-state index contributed by atoms with van der Waals surface area (Å²) in [4.78, 5) is 4.35. The maximum absolute atomic E-state index is 6.22. The van der Waals surface area contributed by atoms with E-state index in [1.807, 2.05) is 6.07 Å². The Morgan fingerprint density at radius 2 is 2.16 bits per heavy atom. The number of aryl methyl sites for hydroxylation is 1. The minimum atomic E-state index is 0.302. The van der Waals surface area contributed by atoms with E-state index in [4.69, 9.17) is 11.6 Å². The predicted molar refractivity (Wildman–Crippen MR) is 82.7 cm³/mol. The van der Waals surface area contributed by atoms with Crippen molar-refractivity contribution in [2.45, 2.75) is 25.3 Å². The molecule has 2 nitrogen and oxygen atoms in total. The molecule has 0 spiro atoms. The highest BCUT2D eigenvalue weighted by molar-refractivity contribution is 9.10. The molecule has 0 saturated heterocycles. The summed E-state index contributed by atoms with van der Waals surface area (Å²) < 4.78 is 0.895. The Bertz CT molecular complexity index is 600. The molecule has 1 N–H and O–H groups in total. The van der Waals surface area contributed by atoms with Crippen LogP contribution in [-0.2, 0) is 6.42 Å². The van der Waals surface area contributed by atoms with Crippen molar-refractivity contribution in [3.8, 4) is 0 Å². The van der Waals surface area contributed by atoms with Crippen LogP contribution in [-0.4, -0.2) is 4.98 Å². The van der Waals surface area contributed by atoms with E-state index in [2.05, 4.69) is 50.5 Å². The van der Waals surface area contributed by atoms with Crippen LogP contribution in [0, 0.1) is 0 Å². The van der Waals surface area contributed by atoms with Crippen LogP contribution in [0.4, 0.5) is 5.82 Å². The first kappa shape index (κ1) is 12.9. The first-order chi connectivity index (χ1) is 9.24. The van der Waals surface area contributed by atoms with E-state index in [1.54, 1.807) is 6.20 Å². The fourth-order valence-electron chi connectivity index (χ4n) is 2.59. The Morgan fingerprint density at radius 1 is 1.32 bits per heavy atom. The molecule has 1 aromatic carbocycles. The number of pyridine rings is 1. The highest BCUT2D eigenvalue weighted by Crippen LogP contribution is 2.34. The number of aromatic nitrogens is 1. The number of hydrogen-bond acceptors (Lipinski definition) is 2. The van der Waals surface area contributed by atoms with Gasteiger partial charge in [0.2, 0.25) is 0 Å². The van der Waals surface area contributed by atoms with Gasteiger partial charge in [-0.05, 0) is 52.4 Å². The van der Waals surface area contributed by atoms with Gasteiger partial charge in [-0.3, -0.25) is 0 Å². The number of hydrogen-bond donors (Lipinski definition) is 1. The Hall–Kier alpha value is -1.06. The third-order valence-corrected chi connectivity index (χ3v) is 4.21. The summed E-state index contributed by atoms with van der Waals surface area (Å²) in [6, 6.07) is 10.8. The Balaban J connectivity index is 1.88. The summed E-state index contributed by atoms with van der Waals surface area (Å²) in [5.74, 6) is 0.756. The van der Waals surface area contributed by atoms with Gasteiger partial charge in [0.05, 0.1) is 11.1 Å². The number of halogens is 2. The van der Waals surface area contributed by atoms with Crippen molar-refractivity contribution in [2.75, 3.05) is 5.32 Å². The SMILES string of the molecule is Clc1cc(Br)cnc1NC1CCCc2ccccc21. The molecule has 1 atom stereocenters. The van der Waals surface area contributed by atoms with Crippen molar-refractivity contribution < 1.29 is 0 Å². The molecule has 4 heteroatoms. The standard InChI is InChI=1S/C15H14BrClN2/c16-11-8-13(17)15(18-9-11)19-14-7-3-5-10-4-1-2-6-12(10)14/h1-2,4,6,8-9,14H,3,5,7H2,(H,18,19). The maximum atomic E-state index is 6.22. The minimum Gasteiger partial charge on any atom is -0.362 e. The average molecular weight is 338 g/mol. The first-order valence-electron chi connectivity index (χ1n) is 6.39. The molecule has 3 rings (SSSR count). The lowest BCUT2D eigenvalue weighted by Crippen LogP contribution is -2.18. The van der Waals surface area contributed by atoms with Gasteiger partial charge in [0.25, 0.3) is 0 Å². The number of anilines is 1. The van der Waals surface area contributed by atoms with Gasteiger partial charge < -0.3 is 5.32 Å². The molecular formula is C15H14BrClN2. The number of nitrogens with zero attached hydrogens (tertiary/aromatic N) is 1. The van der Waals surface area contributed by atoms with Gasteiger partial charge in [0, 0.05) is 10.7 Å². The van der Waals surface area contributed by atoms with Crippen molar-refractivity contribution in [2.24, 2.45) is 0 Å². The molecule has 0 saturated carbocycles. The molecule has 98 valence electrons. The zero-order valence-electron chi connectivity index (χ0n) is 10.4. The van der Waals surface area contributed by atoms with Gasteiger partial charge in [-0.25, -0.2) is 4.98 Å². The lowest BCUT2D eigenvalue weighted by molar-refractivity contribution is 0.598. The third-order valence-electron chi connectivity index (χ3n) is 3.49. The van der Waals surface area contributed by atoms with E-state index < -0.39 is 0 Å². The van der Waals surface area contributed by atoms with Crippen LogP contribution in [0.2, 0.25) is 5.02 Å². The monoisotopic (exact) mass is 336 g/mol. The molecule has 0 radical (unpaired) electrons. The largest absolute Gasteiger partial charge is 0.362 e. The Morgan fingerprint density at radius 3 is 3.00 bits per heavy atom. The molecule has 0 amide bonds. The molecule has 1 aliphatic rings. The predicted octanol–water partition coefficient (Wildman–Crippen LogP) is 4.99. The second kappa shape index (κ2) is 5.51. The van der Waals surface area contributed by atoms with Crippen molar-refractivity contribution in [3.63, 3.8) is 0 Å². The van der Waals surface area contributed by atoms with Gasteiger partial charge in [-0.2, -0.15) is 0 Å². The van der Waals surface area contributed by atoms with Crippen LogP contribution < -0.4 is 5.32 Å². The number of fused-ring (bicyclic) bond motifs is 1. The molecule has 0 bridgehead atoms. The van der Waals surface area contributed by atoms with Gasteiger partial charge in [-0.1, -0.05) is 35.9 Å². The highest BCUT2D eigenvalue weighted by atomic mass is 79.9. The first-order valence-corrected chi connectivity index (χ1v) is 7.56. The molecule has 0 fully saturated rings. The summed E-state index contributed by atoms with van der Waals surface area (Å²) in [6.45, 7) is 0. The van der Waals surface area contributed by atoms with Crippen LogP contribution in [0.25, 0.3) is 0 Å². The van der Waals surface area contributed by atoms with Crippen LogP contribution in [0.15, 0.2) is 41.0 Å². The molecule has 1 aliphatic carbocycles. The van der Waals surface area contributed by atoms with Gasteiger partial charge in [0.15, 0.2) is 0 Å². The van der Waals surface area contributed by atoms with Crippen molar-refractivity contribution in [1.82, 2.24) is 4.98 Å². The second-order valence-corrected chi connectivity index (χ2v) is 6.09. The Labute approximate surface area is 126 Å². The van der Waals surface area contributed by atoms with E-state index in [-0.39, 0.29) is 0 Å². The zero-order chi connectivity index (χ0) is 13.2. The van der Waals surface area contributed by atoms with Gasteiger partial charge >= 0.3 is 0 Å². The van der Waals surface area contributed by atoms with Crippen molar-refractivity contribution >= 4 is 33.3 Å². The molecule has 1 aromatic heterocycles. The molecular weight excluding hydrogens is 324 g/mol. The average Bonchev–Trinajstić information content (AvgIpc) is 2.42. The second-order valence-electron chi connectivity index (χ2n) is 4.77.